The molecule has 0 amide bonds. The predicted octanol–water partition coefficient (Wildman–Crippen LogP) is 1.52. The van der Waals surface area contributed by atoms with Crippen LogP contribution in [0.2, 0.25) is 5.02 Å². The highest BCUT2D eigenvalue weighted by molar-refractivity contribution is 7.92. The minimum absolute atomic E-state index is 0.112. The SMILES string of the molecule is COC(=O)CCS(=O)(=O)Nc1ccc(C#N)cc1Cl. The molecule has 0 aliphatic carbocycles. The normalized spacial score (nSPS) is 10.6. The van der Waals surface area contributed by atoms with Crippen molar-refractivity contribution in [3.8, 4) is 6.07 Å². The maximum Gasteiger partial charge on any atom is 0.306 e. The number of halogens is 1. The van der Waals surface area contributed by atoms with Crippen molar-refractivity contribution in [2.24, 2.45) is 0 Å². The number of sulfonamides is 1. The van der Waals surface area contributed by atoms with Crippen LogP contribution in [0.3, 0.4) is 0 Å². The third-order valence-electron chi connectivity index (χ3n) is 2.17. The van der Waals surface area contributed by atoms with Crippen molar-refractivity contribution in [3.05, 3.63) is 28.8 Å². The van der Waals surface area contributed by atoms with Crippen molar-refractivity contribution in [1.29, 1.82) is 5.26 Å². The predicted molar refractivity (Wildman–Crippen MR) is 70.2 cm³/mol. The molecule has 19 heavy (non-hydrogen) atoms. The molecule has 1 rings (SSSR count). The molecular weight excluding hydrogens is 292 g/mol. The van der Waals surface area contributed by atoms with Gasteiger partial charge in [0.25, 0.3) is 0 Å². The van der Waals surface area contributed by atoms with Gasteiger partial charge in [0.05, 0.1) is 41.6 Å². The fraction of sp³-hybridized carbons (Fsp3) is 0.273. The lowest BCUT2D eigenvalue weighted by Crippen LogP contribution is -2.19. The molecule has 1 aromatic rings. The molecule has 0 radical (unpaired) electrons. The zero-order valence-corrected chi connectivity index (χ0v) is 11.6. The van der Waals surface area contributed by atoms with Gasteiger partial charge < -0.3 is 4.74 Å². The highest BCUT2D eigenvalue weighted by Crippen LogP contribution is 2.23. The van der Waals surface area contributed by atoms with Gasteiger partial charge >= 0.3 is 5.97 Å². The Hall–Kier alpha value is -1.78. The third-order valence-corrected chi connectivity index (χ3v) is 3.75. The summed E-state index contributed by atoms with van der Waals surface area (Å²) in [6.45, 7) is 0. The molecule has 0 aromatic heterocycles. The smallest absolute Gasteiger partial charge is 0.306 e. The first-order valence-corrected chi connectivity index (χ1v) is 7.18. The van der Waals surface area contributed by atoms with E-state index in [1.54, 1.807) is 0 Å². The molecule has 0 spiro atoms. The summed E-state index contributed by atoms with van der Waals surface area (Å²) in [5, 5.41) is 8.77. The quantitative estimate of drug-likeness (QED) is 0.832. The molecule has 0 bridgehead atoms. The molecule has 1 N–H and O–H groups in total. The number of esters is 1. The fourth-order valence-electron chi connectivity index (χ4n) is 1.21. The zero-order chi connectivity index (χ0) is 14.5. The van der Waals surface area contributed by atoms with Gasteiger partial charge in [-0.3, -0.25) is 9.52 Å². The average molecular weight is 303 g/mol. The second-order valence-electron chi connectivity index (χ2n) is 3.55. The van der Waals surface area contributed by atoms with Crippen molar-refractivity contribution in [3.63, 3.8) is 0 Å². The second kappa shape index (κ2) is 6.41. The van der Waals surface area contributed by atoms with E-state index in [9.17, 15) is 13.2 Å². The van der Waals surface area contributed by atoms with Crippen LogP contribution in [0.4, 0.5) is 5.69 Å². The van der Waals surface area contributed by atoms with Gasteiger partial charge in [-0.2, -0.15) is 5.26 Å². The number of ether oxygens (including phenoxy) is 1. The van der Waals surface area contributed by atoms with Gasteiger partial charge in [0.1, 0.15) is 0 Å². The molecular formula is C11H11ClN2O4S. The number of nitrogens with zero attached hydrogens (tertiary/aromatic N) is 1. The molecule has 0 aliphatic rings. The molecule has 0 aliphatic heterocycles. The molecule has 0 saturated carbocycles. The van der Waals surface area contributed by atoms with Crippen LogP contribution in [0.25, 0.3) is 0 Å². The lowest BCUT2D eigenvalue weighted by molar-refractivity contribution is -0.140. The fourth-order valence-corrected chi connectivity index (χ4v) is 2.54. The molecule has 6 nitrogen and oxygen atoms in total. The van der Waals surface area contributed by atoms with Crippen LogP contribution in [-0.4, -0.2) is 27.2 Å². The molecule has 0 heterocycles. The molecule has 102 valence electrons. The maximum atomic E-state index is 11.7. The van der Waals surface area contributed by atoms with Crippen molar-refractivity contribution in [2.45, 2.75) is 6.42 Å². The number of anilines is 1. The molecule has 0 atom stereocenters. The molecule has 8 heteroatoms. The number of methoxy groups -OCH3 is 1. The summed E-state index contributed by atoms with van der Waals surface area (Å²) in [5.41, 5.74) is 0.480. The number of benzene rings is 1. The third kappa shape index (κ3) is 4.77. The minimum atomic E-state index is -3.70. The standard InChI is InChI=1S/C11H11ClN2O4S/c1-18-11(15)4-5-19(16,17)14-10-3-2-8(7-13)6-9(10)12/h2-3,6,14H,4-5H2,1H3. The van der Waals surface area contributed by atoms with Crippen LogP contribution in [0, 0.1) is 11.3 Å². The number of carbonyl (C=O) groups excluding carboxylic acids is 1. The topological polar surface area (TPSA) is 96.3 Å². The summed E-state index contributed by atoms with van der Waals surface area (Å²) in [5.74, 6) is -1.02. The number of hydrogen-bond acceptors (Lipinski definition) is 5. The highest BCUT2D eigenvalue weighted by Gasteiger charge is 2.15. The summed E-state index contributed by atoms with van der Waals surface area (Å²) in [7, 11) is -2.52. The van der Waals surface area contributed by atoms with Gasteiger partial charge in [-0.25, -0.2) is 8.42 Å². The maximum absolute atomic E-state index is 11.7. The van der Waals surface area contributed by atoms with Crippen LogP contribution in [0.15, 0.2) is 18.2 Å². The Morgan fingerprint density at radius 2 is 2.21 bits per heavy atom. The van der Waals surface area contributed by atoms with E-state index >= 15 is 0 Å². The van der Waals surface area contributed by atoms with Gasteiger partial charge in [-0.05, 0) is 18.2 Å². The van der Waals surface area contributed by atoms with E-state index in [-0.39, 0.29) is 17.1 Å². The van der Waals surface area contributed by atoms with Crippen LogP contribution in [0.5, 0.6) is 0 Å². The van der Waals surface area contributed by atoms with E-state index < -0.39 is 21.7 Å². The second-order valence-corrected chi connectivity index (χ2v) is 5.80. The molecule has 0 fully saturated rings. The van der Waals surface area contributed by atoms with E-state index in [1.807, 2.05) is 6.07 Å². The average Bonchev–Trinajstić information content (AvgIpc) is 2.38. The summed E-state index contributed by atoms with van der Waals surface area (Å²) >= 11 is 5.83. The molecule has 1 aromatic carbocycles. The lowest BCUT2D eigenvalue weighted by Gasteiger charge is -2.09. The van der Waals surface area contributed by atoms with Crippen LogP contribution < -0.4 is 4.72 Å². The Balaban J connectivity index is 2.79. The number of rotatable bonds is 5. The van der Waals surface area contributed by atoms with E-state index in [2.05, 4.69) is 9.46 Å². The molecule has 0 saturated heterocycles. The minimum Gasteiger partial charge on any atom is -0.469 e. The Kier molecular flexibility index (Phi) is 5.15. The van der Waals surface area contributed by atoms with Crippen molar-refractivity contribution in [2.75, 3.05) is 17.6 Å². The van der Waals surface area contributed by atoms with Gasteiger partial charge in [-0.1, -0.05) is 11.6 Å². The van der Waals surface area contributed by atoms with E-state index in [0.29, 0.717) is 5.56 Å². The first-order chi connectivity index (χ1) is 8.88. The Bertz CT molecular complexity index is 622. The van der Waals surface area contributed by atoms with Gasteiger partial charge in [0.2, 0.25) is 10.0 Å². The van der Waals surface area contributed by atoms with Crippen LogP contribution in [-0.2, 0) is 19.6 Å². The number of carbonyl (C=O) groups is 1. The van der Waals surface area contributed by atoms with E-state index in [4.69, 9.17) is 16.9 Å². The first kappa shape index (κ1) is 15.3. The Morgan fingerprint density at radius 3 is 2.74 bits per heavy atom. The van der Waals surface area contributed by atoms with Gasteiger partial charge in [0, 0.05) is 0 Å². The summed E-state index contributed by atoms with van der Waals surface area (Å²) in [6, 6.07) is 6.05. The zero-order valence-electron chi connectivity index (χ0n) is 10.0. The van der Waals surface area contributed by atoms with Crippen molar-refractivity contribution < 1.29 is 17.9 Å². The monoisotopic (exact) mass is 302 g/mol. The van der Waals surface area contributed by atoms with E-state index in [1.165, 1.54) is 25.3 Å². The number of nitrogens with one attached hydrogen (secondary N) is 1. The molecule has 0 unspecified atom stereocenters. The van der Waals surface area contributed by atoms with Crippen LogP contribution in [0.1, 0.15) is 12.0 Å². The van der Waals surface area contributed by atoms with Crippen LogP contribution >= 0.6 is 11.6 Å². The van der Waals surface area contributed by atoms with Gasteiger partial charge in [0.15, 0.2) is 0 Å². The van der Waals surface area contributed by atoms with Gasteiger partial charge in [-0.15, -0.1) is 0 Å². The summed E-state index contributed by atoms with van der Waals surface area (Å²) < 4.78 is 30.0. The highest BCUT2D eigenvalue weighted by atomic mass is 35.5. The lowest BCUT2D eigenvalue weighted by atomic mass is 10.2. The summed E-state index contributed by atoms with van der Waals surface area (Å²) in [4.78, 5) is 10.9. The summed E-state index contributed by atoms with van der Waals surface area (Å²) in [6.07, 6.45) is -0.250. The van der Waals surface area contributed by atoms with E-state index in [0.717, 1.165) is 0 Å². The van der Waals surface area contributed by atoms with Crippen molar-refractivity contribution >= 4 is 33.3 Å². The van der Waals surface area contributed by atoms with Crippen molar-refractivity contribution in [1.82, 2.24) is 0 Å². The first-order valence-electron chi connectivity index (χ1n) is 5.15. The Labute approximate surface area is 116 Å². The Morgan fingerprint density at radius 1 is 1.53 bits per heavy atom. The number of hydrogen-bond donors (Lipinski definition) is 1. The largest absolute Gasteiger partial charge is 0.469 e. The number of nitriles is 1.